The van der Waals surface area contributed by atoms with Crippen LogP contribution < -0.4 is 14.8 Å². The highest BCUT2D eigenvalue weighted by molar-refractivity contribution is 7.92. The van der Waals surface area contributed by atoms with Crippen LogP contribution in [0.15, 0.2) is 60.0 Å². The molecule has 0 aliphatic carbocycles. The number of aryl methyl sites for hydroxylation is 2. The van der Waals surface area contributed by atoms with Crippen molar-refractivity contribution in [2.75, 3.05) is 23.7 Å². The van der Waals surface area contributed by atoms with E-state index in [2.05, 4.69) is 15.0 Å². The van der Waals surface area contributed by atoms with E-state index in [1.807, 2.05) is 17.7 Å². The van der Waals surface area contributed by atoms with Gasteiger partial charge in [0.25, 0.3) is 10.0 Å². The number of carbonyl (C=O) groups is 1. The molecule has 0 aliphatic heterocycles. The molecule has 1 aromatic heterocycles. The molecule has 170 valence electrons. The van der Waals surface area contributed by atoms with Gasteiger partial charge in [0.2, 0.25) is 0 Å². The molecule has 0 bridgehead atoms. The molecule has 9 nitrogen and oxygen atoms in total. The molecule has 0 aliphatic rings. The lowest BCUT2D eigenvalue weighted by Gasteiger charge is -2.17. The van der Waals surface area contributed by atoms with Gasteiger partial charge in [-0.25, -0.2) is 18.2 Å². The first-order valence-electron chi connectivity index (χ1n) is 10.1. The Kier molecular flexibility index (Phi) is 7.37. The van der Waals surface area contributed by atoms with Gasteiger partial charge >= 0.3 is 5.97 Å². The molecule has 0 amide bonds. The van der Waals surface area contributed by atoms with E-state index in [0.29, 0.717) is 24.2 Å². The molecule has 2 aromatic carbocycles. The number of ether oxygens (including phenoxy) is 1. The number of nitrogens with one attached hydrogen (secondary N) is 2. The second-order valence-electron chi connectivity index (χ2n) is 7.02. The van der Waals surface area contributed by atoms with Gasteiger partial charge in [-0.15, -0.1) is 0 Å². The first-order chi connectivity index (χ1) is 15.4. The topological polar surface area (TPSA) is 123 Å². The summed E-state index contributed by atoms with van der Waals surface area (Å²) in [6, 6.07) is 9.60. The molecule has 10 heteroatoms. The summed E-state index contributed by atoms with van der Waals surface area (Å²) in [5, 5.41) is 12.9. The van der Waals surface area contributed by atoms with Gasteiger partial charge in [-0.3, -0.25) is 4.72 Å². The lowest BCUT2D eigenvalue weighted by Crippen LogP contribution is -2.18. The third-order valence-electron chi connectivity index (χ3n) is 4.93. The van der Waals surface area contributed by atoms with Crippen molar-refractivity contribution in [3.05, 3.63) is 66.2 Å². The molecule has 3 N–H and O–H groups in total. The molecule has 0 unspecified atom stereocenters. The minimum atomic E-state index is -4.07. The average Bonchev–Trinajstić information content (AvgIpc) is 3.29. The van der Waals surface area contributed by atoms with E-state index in [0.717, 1.165) is 13.0 Å². The van der Waals surface area contributed by atoms with E-state index >= 15 is 0 Å². The average molecular weight is 459 g/mol. The molecule has 32 heavy (non-hydrogen) atoms. The van der Waals surface area contributed by atoms with Crippen molar-refractivity contribution in [1.82, 2.24) is 9.55 Å². The number of aromatic nitrogens is 2. The number of benzene rings is 2. The summed E-state index contributed by atoms with van der Waals surface area (Å²) in [6.07, 6.45) is 6.59. The van der Waals surface area contributed by atoms with Crippen molar-refractivity contribution < 1.29 is 23.1 Å². The SMILES string of the molecule is CCc1ccc(NS(=O)(=O)c2ccccc2NCCCn2ccnc2)c(C(=O)O)c1OC. The maximum atomic E-state index is 13.2. The van der Waals surface area contributed by atoms with Gasteiger partial charge in [0.05, 0.1) is 24.8 Å². The summed E-state index contributed by atoms with van der Waals surface area (Å²) >= 11 is 0. The maximum absolute atomic E-state index is 13.2. The summed E-state index contributed by atoms with van der Waals surface area (Å²) in [6.45, 7) is 3.15. The molecule has 0 fully saturated rings. The Morgan fingerprint density at radius 2 is 1.97 bits per heavy atom. The molecule has 0 saturated carbocycles. The second-order valence-corrected chi connectivity index (χ2v) is 8.67. The number of para-hydroxylation sites is 1. The number of aromatic carboxylic acids is 1. The Bertz CT molecular complexity index is 1180. The standard InChI is InChI=1S/C22H26N4O5S/c1-3-16-9-10-18(20(22(27)28)21(16)31-2)25-32(29,30)19-8-5-4-7-17(19)24-11-6-13-26-14-12-23-15-26/h4-5,7-10,12,14-15,24-25H,3,6,11,13H2,1-2H3,(H,27,28). The number of hydrogen-bond donors (Lipinski definition) is 3. The highest BCUT2D eigenvalue weighted by Gasteiger charge is 2.25. The number of sulfonamides is 1. The van der Waals surface area contributed by atoms with Crippen LogP contribution >= 0.6 is 0 Å². The van der Waals surface area contributed by atoms with Gasteiger partial charge in [-0.1, -0.05) is 25.1 Å². The fourth-order valence-corrected chi connectivity index (χ4v) is 4.64. The summed E-state index contributed by atoms with van der Waals surface area (Å²) < 4.78 is 36.0. The van der Waals surface area contributed by atoms with Gasteiger partial charge in [-0.2, -0.15) is 0 Å². The quantitative estimate of drug-likeness (QED) is 0.376. The van der Waals surface area contributed by atoms with E-state index in [-0.39, 0.29) is 21.9 Å². The van der Waals surface area contributed by atoms with Crippen LogP contribution in [-0.4, -0.2) is 42.7 Å². The fraction of sp³-hybridized carbons (Fsp3) is 0.273. The molecule has 3 aromatic rings. The lowest BCUT2D eigenvalue weighted by molar-refractivity contribution is 0.0694. The molecule has 1 heterocycles. The van der Waals surface area contributed by atoms with Gasteiger partial charge in [0, 0.05) is 25.5 Å². The van der Waals surface area contributed by atoms with Crippen LogP contribution in [0.25, 0.3) is 0 Å². The van der Waals surface area contributed by atoms with Crippen LogP contribution in [0.3, 0.4) is 0 Å². The summed E-state index contributed by atoms with van der Waals surface area (Å²) in [7, 11) is -2.71. The maximum Gasteiger partial charge on any atom is 0.341 e. The Labute approximate surface area is 187 Å². The van der Waals surface area contributed by atoms with Crippen LogP contribution in [0.5, 0.6) is 5.75 Å². The smallest absolute Gasteiger partial charge is 0.341 e. The summed E-state index contributed by atoms with van der Waals surface area (Å²) in [5.74, 6) is -1.13. The third-order valence-corrected chi connectivity index (χ3v) is 6.35. The molecule has 0 saturated heterocycles. The molecule has 3 rings (SSSR count). The molecule has 0 radical (unpaired) electrons. The predicted molar refractivity (Wildman–Crippen MR) is 122 cm³/mol. The van der Waals surface area contributed by atoms with Crippen molar-refractivity contribution in [3.63, 3.8) is 0 Å². The zero-order valence-corrected chi connectivity index (χ0v) is 18.7. The van der Waals surface area contributed by atoms with Gasteiger partial charge in [0.1, 0.15) is 16.2 Å². The van der Waals surface area contributed by atoms with E-state index < -0.39 is 16.0 Å². The number of hydrogen-bond acceptors (Lipinski definition) is 6. The number of nitrogens with zero attached hydrogens (tertiary/aromatic N) is 2. The number of rotatable bonds is 11. The summed E-state index contributed by atoms with van der Waals surface area (Å²) in [4.78, 5) is 15.9. The van der Waals surface area contributed by atoms with Crippen molar-refractivity contribution in [3.8, 4) is 5.75 Å². The van der Waals surface area contributed by atoms with E-state index in [1.165, 1.54) is 19.2 Å². The Balaban J connectivity index is 1.84. The van der Waals surface area contributed by atoms with Crippen molar-refractivity contribution in [2.45, 2.75) is 31.2 Å². The highest BCUT2D eigenvalue weighted by atomic mass is 32.2. The lowest BCUT2D eigenvalue weighted by atomic mass is 10.0. The van der Waals surface area contributed by atoms with Crippen LogP contribution in [0.4, 0.5) is 11.4 Å². The third kappa shape index (κ3) is 5.20. The normalized spacial score (nSPS) is 11.2. The zero-order valence-electron chi connectivity index (χ0n) is 17.9. The number of carboxylic acids is 1. The Hall–Kier alpha value is -3.53. The van der Waals surface area contributed by atoms with Crippen LogP contribution in [0.1, 0.15) is 29.3 Å². The number of methoxy groups -OCH3 is 1. The molecular formula is C22H26N4O5S. The van der Waals surface area contributed by atoms with Crippen LogP contribution in [0, 0.1) is 0 Å². The summed E-state index contributed by atoms with van der Waals surface area (Å²) in [5.41, 5.74) is 0.829. The van der Waals surface area contributed by atoms with E-state index in [1.54, 1.807) is 36.8 Å². The largest absolute Gasteiger partial charge is 0.495 e. The first-order valence-corrected chi connectivity index (χ1v) is 11.6. The second kappa shape index (κ2) is 10.2. The predicted octanol–water partition coefficient (Wildman–Crippen LogP) is 3.46. The minimum Gasteiger partial charge on any atom is -0.495 e. The van der Waals surface area contributed by atoms with Crippen molar-refractivity contribution in [1.29, 1.82) is 0 Å². The Morgan fingerprint density at radius 3 is 2.62 bits per heavy atom. The monoisotopic (exact) mass is 458 g/mol. The van der Waals surface area contributed by atoms with Crippen molar-refractivity contribution in [2.24, 2.45) is 0 Å². The van der Waals surface area contributed by atoms with Crippen molar-refractivity contribution >= 4 is 27.4 Å². The first kappa shape index (κ1) is 23.1. The number of imidazole rings is 1. The fourth-order valence-electron chi connectivity index (χ4n) is 3.39. The molecular weight excluding hydrogens is 432 g/mol. The van der Waals surface area contributed by atoms with Gasteiger partial charge in [-0.05, 0) is 36.6 Å². The molecule has 0 atom stereocenters. The van der Waals surface area contributed by atoms with Gasteiger partial charge < -0.3 is 19.7 Å². The van der Waals surface area contributed by atoms with Gasteiger partial charge in [0.15, 0.2) is 0 Å². The number of anilines is 2. The van der Waals surface area contributed by atoms with Crippen LogP contribution in [-0.2, 0) is 23.0 Å². The number of carboxylic acid groups (broad SMARTS) is 1. The minimum absolute atomic E-state index is 0.0255. The molecule has 0 spiro atoms. The van der Waals surface area contributed by atoms with E-state index in [9.17, 15) is 18.3 Å². The Morgan fingerprint density at radius 1 is 1.19 bits per heavy atom. The zero-order chi connectivity index (χ0) is 23.1. The van der Waals surface area contributed by atoms with E-state index in [4.69, 9.17) is 4.74 Å². The van der Waals surface area contributed by atoms with Crippen LogP contribution in [0.2, 0.25) is 0 Å². The highest BCUT2D eigenvalue weighted by Crippen LogP contribution is 2.33.